The van der Waals surface area contributed by atoms with Crippen LogP contribution in [-0.2, 0) is 12.8 Å². The number of rotatable bonds is 5. The fourth-order valence-corrected chi connectivity index (χ4v) is 5.10. The first-order valence-electron chi connectivity index (χ1n) is 10.6. The zero-order chi connectivity index (χ0) is 20.5. The third-order valence-electron chi connectivity index (χ3n) is 5.88. The van der Waals surface area contributed by atoms with Crippen LogP contribution in [-0.4, -0.2) is 28.5 Å². The molecule has 6 heteroatoms. The van der Waals surface area contributed by atoms with E-state index in [9.17, 15) is 4.79 Å². The molecule has 30 heavy (non-hydrogen) atoms. The molecule has 3 heterocycles. The van der Waals surface area contributed by atoms with Gasteiger partial charge in [-0.2, -0.15) is 0 Å². The van der Waals surface area contributed by atoms with Crippen molar-refractivity contribution in [2.45, 2.75) is 51.5 Å². The van der Waals surface area contributed by atoms with Gasteiger partial charge < -0.3 is 10.1 Å². The SMILES string of the molecule is Cc1ncc(-c2ccc(Cc3cc(C(=O)NC4CCCC4)nc4c3OCC4)cc2)s1. The van der Waals surface area contributed by atoms with Crippen LogP contribution in [0.15, 0.2) is 36.5 Å². The van der Waals surface area contributed by atoms with E-state index in [2.05, 4.69) is 39.6 Å². The van der Waals surface area contributed by atoms with Gasteiger partial charge in [-0.15, -0.1) is 11.3 Å². The van der Waals surface area contributed by atoms with Crippen molar-refractivity contribution in [3.63, 3.8) is 0 Å². The summed E-state index contributed by atoms with van der Waals surface area (Å²) in [5.41, 5.74) is 4.82. The molecule has 1 aromatic carbocycles. The maximum atomic E-state index is 12.8. The van der Waals surface area contributed by atoms with Gasteiger partial charge in [0.1, 0.15) is 11.4 Å². The van der Waals surface area contributed by atoms with Gasteiger partial charge in [0.15, 0.2) is 0 Å². The van der Waals surface area contributed by atoms with Crippen LogP contribution in [0.3, 0.4) is 0 Å². The first-order valence-corrected chi connectivity index (χ1v) is 11.5. The minimum absolute atomic E-state index is 0.0613. The van der Waals surface area contributed by atoms with Gasteiger partial charge in [0.2, 0.25) is 0 Å². The first kappa shape index (κ1) is 19.2. The Morgan fingerprint density at radius 2 is 2.03 bits per heavy atom. The number of thiazole rings is 1. The number of ether oxygens (including phenoxy) is 1. The molecule has 1 amide bonds. The molecule has 0 unspecified atom stereocenters. The zero-order valence-corrected chi connectivity index (χ0v) is 17.9. The molecule has 1 saturated carbocycles. The Morgan fingerprint density at radius 1 is 1.23 bits per heavy atom. The number of nitrogens with one attached hydrogen (secondary N) is 1. The Labute approximate surface area is 180 Å². The molecule has 0 spiro atoms. The molecular weight excluding hydrogens is 394 g/mol. The lowest BCUT2D eigenvalue weighted by Gasteiger charge is -2.14. The number of hydrogen-bond donors (Lipinski definition) is 1. The highest BCUT2D eigenvalue weighted by Gasteiger charge is 2.24. The molecule has 0 saturated heterocycles. The van der Waals surface area contributed by atoms with Crippen molar-refractivity contribution in [3.8, 4) is 16.2 Å². The second-order valence-corrected chi connectivity index (χ2v) is 9.35. The number of aromatic nitrogens is 2. The standard InChI is InChI=1S/C24H25N3O2S/c1-15-25-14-22(30-15)17-8-6-16(7-9-17)12-18-13-21(27-20-10-11-29-23(18)20)24(28)26-19-4-2-3-5-19/h6-9,13-14,19H,2-5,10-12H2,1H3,(H,26,28). The predicted octanol–water partition coefficient (Wildman–Crippen LogP) is 4.71. The van der Waals surface area contributed by atoms with Crippen molar-refractivity contribution >= 4 is 17.2 Å². The highest BCUT2D eigenvalue weighted by Crippen LogP contribution is 2.32. The third-order valence-corrected chi connectivity index (χ3v) is 6.84. The van der Waals surface area contributed by atoms with Crippen LogP contribution < -0.4 is 10.1 Å². The third kappa shape index (κ3) is 3.97. The van der Waals surface area contributed by atoms with Crippen LogP contribution >= 0.6 is 11.3 Å². The number of benzene rings is 1. The number of fused-ring (bicyclic) bond motifs is 1. The van der Waals surface area contributed by atoms with Crippen molar-refractivity contribution in [3.05, 3.63) is 64.1 Å². The van der Waals surface area contributed by atoms with E-state index in [4.69, 9.17) is 4.74 Å². The summed E-state index contributed by atoms with van der Waals surface area (Å²) in [7, 11) is 0. The molecule has 1 aliphatic carbocycles. The molecule has 1 fully saturated rings. The molecule has 2 aromatic heterocycles. The maximum absolute atomic E-state index is 12.8. The first-order chi connectivity index (χ1) is 14.7. The largest absolute Gasteiger partial charge is 0.491 e. The van der Waals surface area contributed by atoms with E-state index < -0.39 is 0 Å². The Kier molecular flexibility index (Phi) is 5.25. The fraction of sp³-hybridized carbons (Fsp3) is 0.375. The molecule has 5 nitrogen and oxygen atoms in total. The molecule has 1 N–H and O–H groups in total. The van der Waals surface area contributed by atoms with Crippen molar-refractivity contribution in [1.29, 1.82) is 0 Å². The van der Waals surface area contributed by atoms with E-state index in [1.54, 1.807) is 11.3 Å². The van der Waals surface area contributed by atoms with Crippen LogP contribution in [0.1, 0.15) is 58.0 Å². The normalized spacial score (nSPS) is 15.8. The van der Waals surface area contributed by atoms with E-state index in [0.29, 0.717) is 12.3 Å². The molecule has 1 aliphatic heterocycles. The van der Waals surface area contributed by atoms with Gasteiger partial charge in [-0.05, 0) is 37.0 Å². The van der Waals surface area contributed by atoms with Crippen molar-refractivity contribution in [2.24, 2.45) is 0 Å². The maximum Gasteiger partial charge on any atom is 0.270 e. The van der Waals surface area contributed by atoms with E-state index in [1.165, 1.54) is 28.8 Å². The van der Waals surface area contributed by atoms with Gasteiger partial charge in [0.25, 0.3) is 5.91 Å². The Morgan fingerprint density at radius 3 is 2.77 bits per heavy atom. The van der Waals surface area contributed by atoms with Crippen molar-refractivity contribution in [1.82, 2.24) is 15.3 Å². The van der Waals surface area contributed by atoms with E-state index in [0.717, 1.165) is 47.7 Å². The smallest absolute Gasteiger partial charge is 0.270 e. The van der Waals surface area contributed by atoms with Gasteiger partial charge in [0, 0.05) is 30.6 Å². The van der Waals surface area contributed by atoms with Crippen LogP contribution in [0.2, 0.25) is 0 Å². The Balaban J connectivity index is 1.38. The number of pyridine rings is 1. The van der Waals surface area contributed by atoms with Gasteiger partial charge in [-0.25, -0.2) is 9.97 Å². The van der Waals surface area contributed by atoms with Crippen molar-refractivity contribution in [2.75, 3.05) is 6.61 Å². The molecular formula is C24H25N3O2S. The number of hydrogen-bond acceptors (Lipinski definition) is 5. The Hall–Kier alpha value is -2.73. The lowest BCUT2D eigenvalue weighted by Crippen LogP contribution is -2.33. The Bertz CT molecular complexity index is 1070. The van der Waals surface area contributed by atoms with Crippen LogP contribution in [0, 0.1) is 6.92 Å². The second-order valence-electron chi connectivity index (χ2n) is 8.11. The van der Waals surface area contributed by atoms with Crippen molar-refractivity contribution < 1.29 is 9.53 Å². The summed E-state index contributed by atoms with van der Waals surface area (Å²) in [5.74, 6) is 0.795. The summed E-state index contributed by atoms with van der Waals surface area (Å²) in [6.45, 7) is 2.65. The molecule has 0 atom stereocenters. The number of nitrogens with zero attached hydrogens (tertiary/aromatic N) is 2. The minimum atomic E-state index is -0.0613. The topological polar surface area (TPSA) is 64.1 Å². The molecule has 154 valence electrons. The van der Waals surface area contributed by atoms with E-state index in [1.807, 2.05) is 19.2 Å². The lowest BCUT2D eigenvalue weighted by atomic mass is 10.0. The highest BCUT2D eigenvalue weighted by atomic mass is 32.1. The highest BCUT2D eigenvalue weighted by molar-refractivity contribution is 7.15. The van der Waals surface area contributed by atoms with E-state index >= 15 is 0 Å². The number of carbonyl (C=O) groups excluding carboxylic acids is 1. The molecule has 2 aliphatic rings. The van der Waals surface area contributed by atoms with Gasteiger partial charge in [0.05, 0.1) is 22.2 Å². The van der Waals surface area contributed by atoms with E-state index in [-0.39, 0.29) is 11.9 Å². The monoisotopic (exact) mass is 419 g/mol. The minimum Gasteiger partial charge on any atom is -0.491 e. The molecule has 3 aromatic rings. The number of aryl methyl sites for hydroxylation is 1. The van der Waals surface area contributed by atoms with Gasteiger partial charge in [-0.1, -0.05) is 37.1 Å². The lowest BCUT2D eigenvalue weighted by molar-refractivity contribution is 0.0932. The predicted molar refractivity (Wildman–Crippen MR) is 118 cm³/mol. The summed E-state index contributed by atoms with van der Waals surface area (Å²) >= 11 is 1.70. The molecule has 5 rings (SSSR count). The molecule has 0 bridgehead atoms. The summed E-state index contributed by atoms with van der Waals surface area (Å²) in [5, 5.41) is 4.23. The summed E-state index contributed by atoms with van der Waals surface area (Å²) in [6.07, 6.45) is 7.93. The average molecular weight is 420 g/mol. The second kappa shape index (κ2) is 8.19. The van der Waals surface area contributed by atoms with Crippen LogP contribution in [0.5, 0.6) is 5.75 Å². The van der Waals surface area contributed by atoms with Gasteiger partial charge in [-0.3, -0.25) is 4.79 Å². The average Bonchev–Trinajstić information content (AvgIpc) is 3.50. The number of carbonyl (C=O) groups is 1. The zero-order valence-electron chi connectivity index (χ0n) is 17.1. The summed E-state index contributed by atoms with van der Waals surface area (Å²) in [6, 6.07) is 10.8. The number of amides is 1. The summed E-state index contributed by atoms with van der Waals surface area (Å²) < 4.78 is 5.86. The molecule has 0 radical (unpaired) electrons. The van der Waals surface area contributed by atoms with Crippen LogP contribution in [0.25, 0.3) is 10.4 Å². The van der Waals surface area contributed by atoms with Crippen LogP contribution in [0.4, 0.5) is 0 Å². The summed E-state index contributed by atoms with van der Waals surface area (Å²) in [4.78, 5) is 22.9. The van der Waals surface area contributed by atoms with Gasteiger partial charge >= 0.3 is 0 Å². The fourth-order valence-electron chi connectivity index (χ4n) is 4.32. The quantitative estimate of drug-likeness (QED) is 0.650.